The summed E-state index contributed by atoms with van der Waals surface area (Å²) in [5.41, 5.74) is 20.9. The van der Waals surface area contributed by atoms with Crippen molar-refractivity contribution in [3.8, 4) is 20.0 Å². The number of nitrogens with zero attached hydrogens (tertiary/aromatic N) is 20. The second-order valence-electron chi connectivity index (χ2n) is 33.8. The van der Waals surface area contributed by atoms with Crippen LogP contribution in [0.15, 0.2) is 174 Å². The predicted molar refractivity (Wildman–Crippen MR) is 540 cm³/mol. The fourth-order valence-electron chi connectivity index (χ4n) is 16.0. The molecule has 5 N–H and O–H groups in total. The van der Waals surface area contributed by atoms with E-state index in [9.17, 15) is 27.9 Å². The van der Waals surface area contributed by atoms with Gasteiger partial charge in [-0.15, -0.1) is 86.1 Å². The number of imidazole rings is 2. The molecular formula is C96H94Cl4N25NaO9S5. The van der Waals surface area contributed by atoms with Crippen LogP contribution in [0.4, 0.5) is 0 Å². The Kier molecular flexibility index (Phi) is 32.6. The summed E-state index contributed by atoms with van der Waals surface area (Å²) in [7, 11) is 1.66. The number of aromatic amines is 2. The number of H-pyrrole nitrogens is 2. The summed E-state index contributed by atoms with van der Waals surface area (Å²) < 4.78 is 46.0. The van der Waals surface area contributed by atoms with Crippen LogP contribution in [-0.2, 0) is 52.6 Å². The number of amides is 3. The molecule has 0 bridgehead atoms. The van der Waals surface area contributed by atoms with E-state index < -0.39 is 46.8 Å². The Balaban J connectivity index is 0.000000141. The minimum absolute atomic E-state index is 0. The van der Waals surface area contributed by atoms with Crippen LogP contribution in [0.2, 0.25) is 20.1 Å². The van der Waals surface area contributed by atoms with Crippen LogP contribution >= 0.6 is 91.8 Å². The number of halogens is 4. The third kappa shape index (κ3) is 22.8. The van der Waals surface area contributed by atoms with Crippen molar-refractivity contribution in [3.63, 3.8) is 0 Å². The number of hydrazone groups is 2. The van der Waals surface area contributed by atoms with Gasteiger partial charge in [-0.25, -0.2) is 20.8 Å². The molecule has 3 amide bonds. The number of rotatable bonds is 23. The van der Waals surface area contributed by atoms with E-state index in [2.05, 4.69) is 152 Å². The maximum atomic E-state index is 12.9. The van der Waals surface area contributed by atoms with E-state index in [1.54, 1.807) is 77.4 Å². The third-order valence-electron chi connectivity index (χ3n) is 23.1. The van der Waals surface area contributed by atoms with Gasteiger partial charge in [0.2, 0.25) is 17.7 Å². The van der Waals surface area contributed by atoms with Gasteiger partial charge in [0.25, 0.3) is 0 Å². The van der Waals surface area contributed by atoms with E-state index in [0.29, 0.717) is 81.0 Å². The average Bonchev–Trinajstić information content (AvgIpc) is 1.61. The molecule has 0 aliphatic carbocycles. The molecule has 15 heterocycles. The van der Waals surface area contributed by atoms with Crippen LogP contribution in [-0.4, -0.2) is 173 Å². The number of esters is 1. The molecule has 0 radical (unpaired) electrons. The first-order valence-corrected chi connectivity index (χ1v) is 49.8. The van der Waals surface area contributed by atoms with Crippen LogP contribution in [0, 0.1) is 76.2 Å². The van der Waals surface area contributed by atoms with Crippen LogP contribution in [0.1, 0.15) is 221 Å². The number of benzene rings is 4. The van der Waals surface area contributed by atoms with Crippen LogP contribution < -0.4 is 45.7 Å². The second kappa shape index (κ2) is 44.5. The number of thiophene rings is 4. The number of nitrogens with one attached hydrogen (secondary N) is 5. The summed E-state index contributed by atoms with van der Waals surface area (Å²) in [6.45, 7) is 29.0. The summed E-state index contributed by atoms with van der Waals surface area (Å²) in [6.07, 6.45) is 10.9. The van der Waals surface area contributed by atoms with E-state index in [1.165, 1.54) is 39.2 Å². The van der Waals surface area contributed by atoms with Crippen molar-refractivity contribution in [2.75, 3.05) is 20.3 Å². The molecule has 11 aromatic heterocycles. The molecular weight excluding hydrogens is 1970 g/mol. The van der Waals surface area contributed by atoms with Crippen molar-refractivity contribution in [1.29, 1.82) is 0 Å². The summed E-state index contributed by atoms with van der Waals surface area (Å²) >= 11 is 28.8. The van der Waals surface area contributed by atoms with Gasteiger partial charge in [-0.05, 0) is 180 Å². The number of hydrogen-bond acceptors (Lipinski definition) is 29. The van der Waals surface area contributed by atoms with Crippen LogP contribution in [0.5, 0.6) is 0 Å². The fourth-order valence-corrected chi connectivity index (χ4v) is 21.6. The van der Waals surface area contributed by atoms with Crippen molar-refractivity contribution in [1.82, 2.24) is 95.2 Å². The summed E-state index contributed by atoms with van der Waals surface area (Å²) in [6, 6.07) is 30.8. The number of carbonyl (C=O) groups is 4. The fraction of sp³-hybridized carbons (Fsp3) is 0.292. The first-order valence-electron chi connectivity index (χ1n) is 43.9. The SMILES string of the molecule is COCCc1nnc2n1-c1sc(C)c(C)c1C(c1ccc(Cl)cc1)=N[C@H]2CC(=O)OC(C)(C)C.Cc1sc2c(c1C)C(c1ccc(Cl)cc1)=N[C@@H](CC(=O)N/N=C/c1ccc(S(=O)[O-])o1)c1nnc(C)n1-2.Cc1sc2c(c1C)C(c1ccc(Cl)cc1)=N[C@@H](CC(=O)N/N=C/c1ncc[nH]1)c1nnc(C)n1-2.Cc1sc2c(c1C)C(c1ccc(Cl)cc1)=N[C@@H](CC(=O)NCCc1cnc[nH]1)c1nnc(C)n1-2.[Na+]. The molecule has 0 saturated carbocycles. The zero-order valence-electron chi connectivity index (χ0n) is 79.0. The van der Waals surface area contributed by atoms with E-state index in [4.69, 9.17) is 80.3 Å². The van der Waals surface area contributed by atoms with Gasteiger partial charge < -0.3 is 33.7 Å². The Hall–Kier alpha value is -11.9. The Morgan fingerprint density at radius 3 is 1.24 bits per heavy atom. The number of methoxy groups -OCH3 is 1. The van der Waals surface area contributed by atoms with Gasteiger partial charge in [-0.3, -0.25) is 61.6 Å². The molecule has 0 spiro atoms. The molecule has 0 saturated heterocycles. The Labute approximate surface area is 865 Å². The number of ether oxygens (including phenoxy) is 2. The smallest absolute Gasteiger partial charge is 0.766 e. The number of aromatic nitrogens is 16. The predicted octanol–water partition coefficient (Wildman–Crippen LogP) is 14.9. The van der Waals surface area contributed by atoms with Crippen molar-refractivity contribution in [3.05, 3.63) is 304 Å². The van der Waals surface area contributed by atoms with E-state index in [1.807, 2.05) is 148 Å². The van der Waals surface area contributed by atoms with Crippen molar-refractivity contribution in [2.45, 2.75) is 170 Å². The quantitative estimate of drug-likeness (QED) is 0.0130. The number of aryl methyl sites for hydroxylation is 7. The van der Waals surface area contributed by atoms with Crippen molar-refractivity contribution < 1.29 is 71.4 Å². The second-order valence-corrected chi connectivity index (χ2v) is 41.2. The molecule has 0 fully saturated rings. The molecule has 15 aromatic rings. The van der Waals surface area contributed by atoms with Gasteiger partial charge in [-0.1, -0.05) is 94.9 Å². The van der Waals surface area contributed by atoms with Gasteiger partial charge >= 0.3 is 35.5 Å². The average molecular weight is 2070 g/mol. The number of hydrogen-bond donors (Lipinski definition) is 5. The summed E-state index contributed by atoms with van der Waals surface area (Å²) in [5, 5.41) is 52.3. The van der Waals surface area contributed by atoms with E-state index >= 15 is 0 Å². The largest absolute Gasteiger partial charge is 1.00 e. The number of carbonyl (C=O) groups excluding carboxylic acids is 4. The molecule has 5 atom stereocenters. The molecule has 4 aliphatic rings. The first-order chi connectivity index (χ1) is 66.6. The molecule has 4 aromatic carbocycles. The first kappa shape index (κ1) is 102. The van der Waals surface area contributed by atoms with Gasteiger partial charge in [0, 0.05) is 146 Å². The van der Waals surface area contributed by atoms with Crippen LogP contribution in [0.25, 0.3) is 20.0 Å². The molecule has 1 unspecified atom stereocenters. The zero-order valence-corrected chi connectivity index (χ0v) is 88.1. The van der Waals surface area contributed by atoms with E-state index in [0.717, 1.165) is 138 Å². The summed E-state index contributed by atoms with van der Waals surface area (Å²) in [5.74, 6) is 5.06. The van der Waals surface area contributed by atoms with E-state index in [-0.39, 0.29) is 83.9 Å². The maximum absolute atomic E-state index is 12.9. The van der Waals surface area contributed by atoms with Crippen molar-refractivity contribution in [2.24, 2.45) is 30.2 Å². The Morgan fingerprint density at radius 1 is 0.500 bits per heavy atom. The molecule has 140 heavy (non-hydrogen) atoms. The molecule has 19 rings (SSSR count). The van der Waals surface area contributed by atoms with Gasteiger partial charge in [0.15, 0.2) is 28.4 Å². The number of aliphatic imine (C=N–C) groups is 4. The topological polar surface area (TPSA) is 430 Å². The minimum Gasteiger partial charge on any atom is -0.766 e. The Morgan fingerprint density at radius 2 is 0.879 bits per heavy atom. The van der Waals surface area contributed by atoms with Crippen LogP contribution in [0.3, 0.4) is 0 Å². The maximum Gasteiger partial charge on any atom is 1.00 e. The van der Waals surface area contributed by atoms with Gasteiger partial charge in [-0.2, -0.15) is 10.2 Å². The zero-order chi connectivity index (χ0) is 98.5. The number of furan rings is 1. The van der Waals surface area contributed by atoms with Gasteiger partial charge in [0.05, 0.1) is 73.9 Å². The van der Waals surface area contributed by atoms with Crippen molar-refractivity contribution >= 4 is 162 Å². The normalized spacial score (nSPS) is 15.1. The Bertz CT molecular complexity index is 7340. The van der Waals surface area contributed by atoms with Gasteiger partial charge in [0.1, 0.15) is 84.7 Å². The number of fused-ring (bicyclic) bond motifs is 12. The third-order valence-corrected chi connectivity index (χ3v) is 29.4. The standard InChI is InChI=1S/C25H29ClN4O3S.C24H24ClN7OS.C24H21ClN6O4S2.C23H21ClN8OS.Na/c1-14-15(2)34-24-21(14)22(16-7-9-17(26)10-8-16)27-18(13-20(31)33-25(3,4)5)23-29-28-19(30(23)24)11-12-32-6;1-13-14(2)34-24-21(13)22(16-4-6-17(25)7-5-16)29-19(23-31-30-15(3)32(23)24)10-20(33)27-9-8-18-11-26-12-28-18;1-12-13(2)36-24-21(12)22(15-4-6-16(25)7-5-15)27-18(23-30-28-14(3)31(23)24)10-19(32)29-26-11-17-8-9-20(35-17)37(33)34;1-12-13(2)34-23-20(12)21(15-4-6-16(24)7-5-15)28-17(22-31-29-14(3)32(22)23)10-19(33)30-27-11-18-25-8-9-26-18;/h7-10,18H,11-13H2,1-6H3;4-7,11-12,19H,8-10H2,1-3H3,(H,26,28)(H,27,33);4-9,11,18H,10H2,1-3H3,(H,29,32)(H,33,34);4-9,11,17H,10H2,1-3H3,(H,25,26)(H,30,33);/q;;;;+1/p-1/b;;26-11+;27-11+;/t18-;19-;18-;17-;/m0000./s1. The molecule has 34 nitrogen and oxygen atoms in total. The molecule has 4 aliphatic heterocycles. The molecule has 716 valence electrons. The monoisotopic (exact) mass is 2060 g/mol. The summed E-state index contributed by atoms with van der Waals surface area (Å²) in [4.78, 5) is 90.5. The minimum atomic E-state index is -2.49. The molecule has 44 heteroatoms.